The van der Waals surface area contributed by atoms with Crippen LogP contribution in [0.2, 0.25) is 0 Å². The minimum absolute atomic E-state index is 0.0418. The molecule has 0 saturated heterocycles. The second-order valence-electron chi connectivity index (χ2n) is 6.38. The summed E-state index contributed by atoms with van der Waals surface area (Å²) in [6, 6.07) is 0. The van der Waals surface area contributed by atoms with Crippen LogP contribution in [0.5, 0.6) is 0 Å². The van der Waals surface area contributed by atoms with E-state index in [-0.39, 0.29) is 6.42 Å². The van der Waals surface area contributed by atoms with Gasteiger partial charge >= 0.3 is 51.3 Å². The van der Waals surface area contributed by atoms with E-state index in [4.69, 9.17) is 4.55 Å². The number of esters is 1. The van der Waals surface area contributed by atoms with Gasteiger partial charge in [-0.3, -0.25) is 9.35 Å². The Morgan fingerprint density at radius 3 is 1.88 bits per heavy atom. The van der Waals surface area contributed by atoms with E-state index in [1.54, 1.807) is 0 Å². The number of halogens is 10. The number of carbonyl (C=O) groups excluding carboxylic acids is 2. The molecule has 0 aliphatic rings. The van der Waals surface area contributed by atoms with Crippen LogP contribution in [0.15, 0.2) is 12.2 Å². The van der Waals surface area contributed by atoms with Crippen LogP contribution < -0.4 is 5.32 Å². The van der Waals surface area contributed by atoms with Crippen molar-refractivity contribution in [1.29, 1.82) is 0 Å². The van der Waals surface area contributed by atoms with E-state index in [2.05, 4.69) is 16.1 Å². The smallest absolute Gasteiger partial charge is 0.412 e. The standard InChI is InChI=1S/C15H17F10NO7S/c1-3-6-26-10(28)12(14(21,22)23,33-9(27)8(2)13(18,19)20)32-7-4-5-11(16,17)15(24,25)34(29,30)31/h2-7H2,1H3,(H,26,28)(H,29,30,31). The summed E-state index contributed by atoms with van der Waals surface area (Å²) in [6.07, 6.45) is -15.6. The molecule has 0 aliphatic carbocycles. The van der Waals surface area contributed by atoms with Gasteiger partial charge in [-0.25, -0.2) is 4.79 Å². The fraction of sp³-hybridized carbons (Fsp3) is 0.733. The van der Waals surface area contributed by atoms with E-state index < -0.39 is 82.9 Å². The molecule has 0 aromatic rings. The Morgan fingerprint density at radius 2 is 1.50 bits per heavy atom. The Labute approximate surface area is 185 Å². The number of rotatable bonds is 12. The minimum Gasteiger partial charge on any atom is -0.412 e. The maximum Gasteiger partial charge on any atom is 0.466 e. The molecular formula is C15H17F10NO7S. The zero-order valence-electron chi connectivity index (χ0n) is 16.8. The highest BCUT2D eigenvalue weighted by atomic mass is 32.2. The normalized spacial score (nSPS) is 15.4. The van der Waals surface area contributed by atoms with Crippen molar-refractivity contribution in [3.8, 4) is 0 Å². The lowest BCUT2D eigenvalue weighted by molar-refractivity contribution is -0.348. The summed E-state index contributed by atoms with van der Waals surface area (Å²) in [6.45, 7) is 1.15. The van der Waals surface area contributed by atoms with Crippen LogP contribution in [-0.2, 0) is 29.2 Å². The first-order valence-electron chi connectivity index (χ1n) is 8.69. The SMILES string of the molecule is C=C(C(=O)OC(OCCCC(F)(F)C(F)(F)S(=O)(=O)O)(C(=O)NCCC)C(F)(F)F)C(F)(F)F. The molecule has 0 spiro atoms. The third kappa shape index (κ3) is 7.17. The van der Waals surface area contributed by atoms with E-state index in [1.165, 1.54) is 12.2 Å². The minimum atomic E-state index is -6.67. The summed E-state index contributed by atoms with van der Waals surface area (Å²) in [5, 5.41) is -4.56. The van der Waals surface area contributed by atoms with Crippen LogP contribution in [0.1, 0.15) is 26.2 Å². The molecule has 8 nitrogen and oxygen atoms in total. The van der Waals surface area contributed by atoms with Gasteiger partial charge < -0.3 is 14.8 Å². The van der Waals surface area contributed by atoms with E-state index in [1.807, 2.05) is 0 Å². The quantitative estimate of drug-likeness (QED) is 0.0965. The molecule has 1 amide bonds. The molecule has 0 aliphatic heterocycles. The van der Waals surface area contributed by atoms with Gasteiger partial charge in [0.25, 0.3) is 0 Å². The van der Waals surface area contributed by atoms with Crippen molar-refractivity contribution < 1.29 is 75.9 Å². The molecular weight excluding hydrogens is 528 g/mol. The van der Waals surface area contributed by atoms with Crippen molar-refractivity contribution in [3.63, 3.8) is 0 Å². The van der Waals surface area contributed by atoms with Crippen molar-refractivity contribution in [2.24, 2.45) is 0 Å². The van der Waals surface area contributed by atoms with Crippen LogP contribution >= 0.6 is 0 Å². The Balaban J connectivity index is 5.95. The predicted octanol–water partition coefficient (Wildman–Crippen LogP) is 3.35. The monoisotopic (exact) mass is 545 g/mol. The van der Waals surface area contributed by atoms with Gasteiger partial charge in [-0.2, -0.15) is 52.3 Å². The Bertz CT molecular complexity index is 870. The average Bonchev–Trinajstić information content (AvgIpc) is 2.64. The molecule has 0 fully saturated rings. The molecule has 0 bridgehead atoms. The number of hydrogen-bond donors (Lipinski definition) is 2. The highest BCUT2D eigenvalue weighted by molar-refractivity contribution is 7.87. The molecule has 19 heteroatoms. The number of amides is 1. The molecule has 0 rings (SSSR count). The van der Waals surface area contributed by atoms with Crippen molar-refractivity contribution >= 4 is 22.0 Å². The molecule has 0 aromatic carbocycles. The molecule has 0 aromatic heterocycles. The fourth-order valence-electron chi connectivity index (χ4n) is 1.92. The second-order valence-corrected chi connectivity index (χ2v) is 7.85. The average molecular weight is 545 g/mol. The van der Waals surface area contributed by atoms with Gasteiger partial charge in [-0.15, -0.1) is 0 Å². The van der Waals surface area contributed by atoms with Crippen LogP contribution in [0.25, 0.3) is 0 Å². The number of nitrogens with one attached hydrogen (secondary N) is 1. The number of hydrogen-bond acceptors (Lipinski definition) is 6. The summed E-state index contributed by atoms with van der Waals surface area (Å²) in [5.41, 5.74) is -2.51. The number of carbonyl (C=O) groups is 2. The Hall–Kier alpha value is -2.15. The lowest BCUT2D eigenvalue weighted by Gasteiger charge is -2.33. The van der Waals surface area contributed by atoms with Gasteiger partial charge in [0.15, 0.2) is 0 Å². The van der Waals surface area contributed by atoms with Crippen LogP contribution in [0.4, 0.5) is 43.9 Å². The topological polar surface area (TPSA) is 119 Å². The number of ether oxygens (including phenoxy) is 2. The third-order valence-electron chi connectivity index (χ3n) is 3.72. The largest absolute Gasteiger partial charge is 0.466 e. The summed E-state index contributed by atoms with van der Waals surface area (Å²) in [5.74, 6) is -15.6. The molecule has 1 atom stereocenters. The lowest BCUT2D eigenvalue weighted by atomic mass is 10.2. The predicted molar refractivity (Wildman–Crippen MR) is 90.0 cm³/mol. The van der Waals surface area contributed by atoms with Crippen molar-refractivity contribution in [2.45, 2.75) is 55.5 Å². The summed E-state index contributed by atoms with van der Waals surface area (Å²) in [4.78, 5) is 23.6. The zero-order chi connectivity index (χ0) is 27.4. The summed E-state index contributed by atoms with van der Waals surface area (Å²) < 4.78 is 168. The van der Waals surface area contributed by atoms with Crippen LogP contribution in [0, 0.1) is 0 Å². The van der Waals surface area contributed by atoms with E-state index in [0.29, 0.717) is 0 Å². The molecule has 0 radical (unpaired) electrons. The van der Waals surface area contributed by atoms with Gasteiger partial charge in [0, 0.05) is 13.0 Å². The van der Waals surface area contributed by atoms with Gasteiger partial charge in [0.05, 0.1) is 6.61 Å². The second kappa shape index (κ2) is 10.6. The van der Waals surface area contributed by atoms with Crippen LogP contribution in [-0.4, -0.2) is 67.3 Å². The van der Waals surface area contributed by atoms with Gasteiger partial charge in [0.1, 0.15) is 5.57 Å². The molecule has 34 heavy (non-hydrogen) atoms. The highest BCUT2D eigenvalue weighted by Gasteiger charge is 2.68. The first kappa shape index (κ1) is 31.9. The van der Waals surface area contributed by atoms with Gasteiger partial charge in [-0.1, -0.05) is 13.5 Å². The van der Waals surface area contributed by atoms with Gasteiger partial charge in [0.2, 0.25) is 0 Å². The lowest BCUT2D eigenvalue weighted by Crippen LogP contribution is -2.62. The Kier molecular flexibility index (Phi) is 9.96. The summed E-state index contributed by atoms with van der Waals surface area (Å²) >= 11 is 0. The van der Waals surface area contributed by atoms with E-state index in [0.717, 1.165) is 0 Å². The summed E-state index contributed by atoms with van der Waals surface area (Å²) in [7, 11) is -6.67. The van der Waals surface area contributed by atoms with E-state index >= 15 is 0 Å². The third-order valence-corrected chi connectivity index (χ3v) is 4.67. The zero-order valence-corrected chi connectivity index (χ0v) is 17.6. The number of alkyl halides is 10. The fourth-order valence-corrected chi connectivity index (χ4v) is 2.40. The maximum atomic E-state index is 13.6. The maximum absolute atomic E-state index is 13.6. The van der Waals surface area contributed by atoms with E-state index in [9.17, 15) is 61.9 Å². The van der Waals surface area contributed by atoms with Gasteiger partial charge in [-0.05, 0) is 12.8 Å². The molecule has 1 unspecified atom stereocenters. The highest BCUT2D eigenvalue weighted by Crippen LogP contribution is 2.42. The van der Waals surface area contributed by atoms with Crippen LogP contribution in [0.3, 0.4) is 0 Å². The molecule has 2 N–H and O–H groups in total. The van der Waals surface area contributed by atoms with Crippen molar-refractivity contribution in [3.05, 3.63) is 12.2 Å². The van der Waals surface area contributed by atoms with Crippen molar-refractivity contribution in [2.75, 3.05) is 13.2 Å². The first-order chi connectivity index (χ1) is 15.0. The molecule has 0 heterocycles. The molecule has 0 saturated carbocycles. The van der Waals surface area contributed by atoms with Crippen molar-refractivity contribution in [1.82, 2.24) is 5.32 Å². The molecule has 200 valence electrons. The first-order valence-corrected chi connectivity index (χ1v) is 10.1. The Morgan fingerprint density at radius 1 is 1.00 bits per heavy atom.